The lowest BCUT2D eigenvalue weighted by Crippen LogP contribution is -2.67. The zero-order valence-corrected chi connectivity index (χ0v) is 17.8. The molecule has 3 aliphatic rings. The lowest BCUT2D eigenvalue weighted by molar-refractivity contribution is -0.984. The summed E-state index contributed by atoms with van der Waals surface area (Å²) in [7, 11) is 0. The molecule has 4 unspecified atom stereocenters. The summed E-state index contributed by atoms with van der Waals surface area (Å²) in [5, 5.41) is 12.8. The fourth-order valence-corrected chi connectivity index (χ4v) is 6.10. The smallest absolute Gasteiger partial charge is 0.131 e. The summed E-state index contributed by atoms with van der Waals surface area (Å²) in [5.41, 5.74) is 4.08. The zero-order valence-electron chi connectivity index (χ0n) is 17.8. The van der Waals surface area contributed by atoms with Crippen molar-refractivity contribution < 1.29 is 9.59 Å². The molecular formula is C28H29N2O+. The van der Waals surface area contributed by atoms with Gasteiger partial charge in [0.2, 0.25) is 0 Å². The Morgan fingerprint density at radius 2 is 2.00 bits per heavy atom. The predicted molar refractivity (Wildman–Crippen MR) is 125 cm³/mol. The predicted octanol–water partition coefficient (Wildman–Crippen LogP) is 4.86. The van der Waals surface area contributed by atoms with Crippen molar-refractivity contribution in [3.63, 3.8) is 0 Å². The van der Waals surface area contributed by atoms with Crippen LogP contribution in [0.4, 0.5) is 0 Å². The van der Waals surface area contributed by atoms with Crippen LogP contribution in [0.25, 0.3) is 10.9 Å². The molecule has 31 heavy (non-hydrogen) atoms. The number of fused-ring (bicyclic) bond motifs is 4. The maximum atomic E-state index is 11.8. The molecule has 2 bridgehead atoms. The fourth-order valence-electron chi connectivity index (χ4n) is 6.10. The first-order valence-corrected chi connectivity index (χ1v) is 11.2. The van der Waals surface area contributed by atoms with E-state index in [4.69, 9.17) is 6.42 Å². The van der Waals surface area contributed by atoms with Crippen LogP contribution in [-0.4, -0.2) is 33.7 Å². The van der Waals surface area contributed by atoms with Gasteiger partial charge < -0.3 is 9.59 Å². The first-order valence-electron chi connectivity index (χ1n) is 11.2. The number of quaternary nitrogens is 1. The van der Waals surface area contributed by atoms with Gasteiger partial charge in [-0.3, -0.25) is 4.98 Å². The molecule has 6 rings (SSSR count). The number of pyridine rings is 1. The van der Waals surface area contributed by atoms with E-state index in [2.05, 4.69) is 41.8 Å². The van der Waals surface area contributed by atoms with Gasteiger partial charge in [0.05, 0.1) is 18.6 Å². The summed E-state index contributed by atoms with van der Waals surface area (Å²) in [6, 6.07) is 18.5. The standard InChI is InChI=1S/C28H29N2O/c1-3-20-9-5-6-10-23(20)19-30-16-14-22(21(4-2)18-30)17-27(30)28(31)25-13-15-29-26-12-8-7-11-24(25)26/h1,4-13,15,21-22,27-28,31H,2,14,16-19H2/q+1/t21?,22?,27?,28-,30?/m1/s1. The quantitative estimate of drug-likeness (QED) is 0.371. The SMILES string of the molecule is C#Cc1ccccc1C[N+]12CCC(CC1[C@H](O)c1ccnc3ccccc13)C(C=C)C2. The van der Waals surface area contributed by atoms with E-state index in [1.165, 1.54) is 12.0 Å². The van der Waals surface area contributed by atoms with Crippen LogP contribution >= 0.6 is 0 Å². The highest BCUT2D eigenvalue weighted by atomic mass is 16.3. The molecule has 3 aromatic rings. The Hall–Kier alpha value is -2.93. The third-order valence-electron chi connectivity index (χ3n) is 7.70. The minimum absolute atomic E-state index is 0.131. The monoisotopic (exact) mass is 409 g/mol. The normalized spacial score (nSPS) is 28.2. The number of aliphatic hydroxyl groups excluding tert-OH is 1. The summed E-state index contributed by atoms with van der Waals surface area (Å²) in [5.74, 6) is 3.94. The highest BCUT2D eigenvalue weighted by Gasteiger charge is 2.54. The van der Waals surface area contributed by atoms with E-state index in [9.17, 15) is 5.11 Å². The van der Waals surface area contributed by atoms with Crippen molar-refractivity contribution in [2.45, 2.75) is 31.5 Å². The van der Waals surface area contributed by atoms with Gasteiger partial charge in [0.15, 0.2) is 0 Å². The van der Waals surface area contributed by atoms with Gasteiger partial charge in [-0.25, -0.2) is 0 Å². The van der Waals surface area contributed by atoms with E-state index < -0.39 is 6.10 Å². The van der Waals surface area contributed by atoms with Crippen molar-refractivity contribution in [2.75, 3.05) is 13.1 Å². The third-order valence-corrected chi connectivity index (χ3v) is 7.70. The van der Waals surface area contributed by atoms with E-state index in [-0.39, 0.29) is 6.04 Å². The maximum Gasteiger partial charge on any atom is 0.131 e. The topological polar surface area (TPSA) is 33.1 Å². The van der Waals surface area contributed by atoms with Crippen LogP contribution in [0.5, 0.6) is 0 Å². The third kappa shape index (κ3) is 3.37. The Morgan fingerprint density at radius 3 is 2.84 bits per heavy atom. The largest absolute Gasteiger partial charge is 0.382 e. The molecule has 0 radical (unpaired) electrons. The molecule has 3 fully saturated rings. The molecule has 3 aliphatic heterocycles. The molecule has 3 nitrogen and oxygen atoms in total. The second-order valence-corrected chi connectivity index (χ2v) is 9.20. The molecule has 5 atom stereocenters. The van der Waals surface area contributed by atoms with Crippen LogP contribution in [-0.2, 0) is 6.54 Å². The number of benzene rings is 2. The number of hydrogen-bond acceptors (Lipinski definition) is 2. The number of aromatic nitrogens is 1. The molecule has 3 saturated heterocycles. The van der Waals surface area contributed by atoms with Crippen LogP contribution in [0.1, 0.15) is 35.6 Å². The average Bonchev–Trinajstić information content (AvgIpc) is 2.83. The number of para-hydroxylation sites is 1. The van der Waals surface area contributed by atoms with Crippen molar-refractivity contribution in [1.29, 1.82) is 0 Å². The molecule has 2 aromatic carbocycles. The molecule has 3 heteroatoms. The van der Waals surface area contributed by atoms with Gasteiger partial charge in [-0.05, 0) is 29.7 Å². The molecule has 0 saturated carbocycles. The number of aliphatic hydroxyl groups is 1. The van der Waals surface area contributed by atoms with Gasteiger partial charge >= 0.3 is 0 Å². The van der Waals surface area contributed by atoms with Crippen LogP contribution < -0.4 is 0 Å². The van der Waals surface area contributed by atoms with E-state index in [1.54, 1.807) is 0 Å². The molecule has 0 amide bonds. The van der Waals surface area contributed by atoms with Crippen molar-refractivity contribution in [3.8, 4) is 12.3 Å². The average molecular weight is 410 g/mol. The summed E-state index contributed by atoms with van der Waals surface area (Å²) in [6.45, 7) is 7.06. The van der Waals surface area contributed by atoms with Crippen molar-refractivity contribution in [2.24, 2.45) is 11.8 Å². The summed E-state index contributed by atoms with van der Waals surface area (Å²) in [4.78, 5) is 4.50. The Kier molecular flexibility index (Phi) is 5.14. The maximum absolute atomic E-state index is 11.8. The van der Waals surface area contributed by atoms with Crippen molar-refractivity contribution in [1.82, 2.24) is 4.98 Å². The number of nitrogens with zero attached hydrogens (tertiary/aromatic N) is 2. The van der Waals surface area contributed by atoms with Gasteiger partial charge in [-0.2, -0.15) is 0 Å². The summed E-state index contributed by atoms with van der Waals surface area (Å²) >= 11 is 0. The number of piperidine rings is 3. The Balaban J connectivity index is 1.58. The minimum Gasteiger partial charge on any atom is -0.382 e. The first kappa shape index (κ1) is 20.0. The summed E-state index contributed by atoms with van der Waals surface area (Å²) in [6.07, 6.45) is 11.4. The van der Waals surface area contributed by atoms with E-state index >= 15 is 0 Å². The Morgan fingerprint density at radius 1 is 1.19 bits per heavy atom. The number of hydrogen-bond donors (Lipinski definition) is 1. The van der Waals surface area contributed by atoms with Crippen LogP contribution in [0.3, 0.4) is 0 Å². The number of rotatable bonds is 5. The molecule has 4 heterocycles. The Bertz CT molecular complexity index is 1160. The number of terminal acetylenes is 1. The molecule has 0 aliphatic carbocycles. The van der Waals surface area contributed by atoms with E-state index in [0.29, 0.717) is 11.8 Å². The van der Waals surface area contributed by atoms with Gasteiger partial charge in [0, 0.05) is 41.5 Å². The second-order valence-electron chi connectivity index (χ2n) is 9.20. The van der Waals surface area contributed by atoms with Crippen LogP contribution in [0, 0.1) is 24.2 Å². The van der Waals surface area contributed by atoms with Gasteiger partial charge in [0.25, 0.3) is 0 Å². The molecule has 1 aromatic heterocycles. The van der Waals surface area contributed by atoms with Crippen molar-refractivity contribution >= 4 is 10.9 Å². The molecule has 1 N–H and O–H groups in total. The second kappa shape index (κ2) is 7.96. The highest BCUT2D eigenvalue weighted by molar-refractivity contribution is 5.82. The zero-order chi connectivity index (χ0) is 21.4. The molecule has 156 valence electrons. The van der Waals surface area contributed by atoms with Crippen LogP contribution in [0.15, 0.2) is 73.4 Å². The van der Waals surface area contributed by atoms with Gasteiger partial charge in [-0.15, -0.1) is 13.0 Å². The summed E-state index contributed by atoms with van der Waals surface area (Å²) < 4.78 is 0.865. The minimum atomic E-state index is -0.542. The van der Waals surface area contributed by atoms with E-state index in [0.717, 1.165) is 52.6 Å². The molecular weight excluding hydrogens is 380 g/mol. The highest BCUT2D eigenvalue weighted by Crippen LogP contribution is 2.48. The van der Waals surface area contributed by atoms with Gasteiger partial charge in [0.1, 0.15) is 18.7 Å². The fraction of sp³-hybridized carbons (Fsp3) is 0.321. The van der Waals surface area contributed by atoms with Crippen LogP contribution in [0.2, 0.25) is 0 Å². The van der Waals surface area contributed by atoms with Gasteiger partial charge in [-0.1, -0.05) is 48.4 Å². The van der Waals surface area contributed by atoms with E-state index in [1.807, 2.05) is 42.6 Å². The Labute approximate surface area is 184 Å². The lowest BCUT2D eigenvalue weighted by atomic mass is 9.71. The first-order chi connectivity index (χ1) is 15.1. The van der Waals surface area contributed by atoms with Crippen molar-refractivity contribution in [3.05, 3.63) is 90.1 Å². The lowest BCUT2D eigenvalue weighted by Gasteiger charge is -2.58. The molecule has 0 spiro atoms.